The third-order valence-electron chi connectivity index (χ3n) is 6.81. The van der Waals surface area contributed by atoms with Crippen LogP contribution in [-0.4, -0.2) is 47.4 Å². The maximum atomic E-state index is 12.9. The van der Waals surface area contributed by atoms with Gasteiger partial charge in [0.2, 0.25) is 0 Å². The van der Waals surface area contributed by atoms with Crippen molar-refractivity contribution in [3.05, 3.63) is 65.6 Å². The van der Waals surface area contributed by atoms with Crippen molar-refractivity contribution in [2.75, 3.05) is 24.4 Å². The van der Waals surface area contributed by atoms with Crippen molar-refractivity contribution in [2.24, 2.45) is 0 Å². The van der Waals surface area contributed by atoms with Gasteiger partial charge in [0.15, 0.2) is 0 Å². The minimum atomic E-state index is -4.24. The molecule has 0 unspecified atom stereocenters. The molecule has 12 heteroatoms. The van der Waals surface area contributed by atoms with E-state index < -0.39 is 12.6 Å². The number of anilines is 3. The zero-order chi connectivity index (χ0) is 26.7. The van der Waals surface area contributed by atoms with Gasteiger partial charge >= 0.3 is 6.18 Å². The number of rotatable bonds is 9. The zero-order valence-corrected chi connectivity index (χ0v) is 23.2. The fourth-order valence-electron chi connectivity index (χ4n) is 4.86. The average Bonchev–Trinajstić information content (AvgIpc) is 3.53. The first kappa shape index (κ1) is 28.8. The molecular formula is C27H30ClF3N6OS. The third kappa shape index (κ3) is 7.28. The van der Waals surface area contributed by atoms with Crippen LogP contribution in [0.5, 0.6) is 5.75 Å². The first-order valence-corrected chi connectivity index (χ1v) is 13.2. The molecule has 0 spiro atoms. The number of benzene rings is 1. The molecule has 1 aliphatic carbocycles. The van der Waals surface area contributed by atoms with E-state index in [1.807, 2.05) is 25.2 Å². The molecule has 3 aromatic heterocycles. The minimum absolute atomic E-state index is 0. The number of aromatic nitrogens is 3. The van der Waals surface area contributed by atoms with Crippen LogP contribution >= 0.6 is 23.7 Å². The van der Waals surface area contributed by atoms with E-state index in [0.29, 0.717) is 27.8 Å². The van der Waals surface area contributed by atoms with Crippen LogP contribution in [0.3, 0.4) is 0 Å². The van der Waals surface area contributed by atoms with Crippen molar-refractivity contribution >= 4 is 51.2 Å². The lowest BCUT2D eigenvalue weighted by Gasteiger charge is -2.26. The largest absolute Gasteiger partial charge is 0.495 e. The summed E-state index contributed by atoms with van der Waals surface area (Å²) < 4.78 is 43.9. The van der Waals surface area contributed by atoms with Crippen molar-refractivity contribution in [1.82, 2.24) is 20.3 Å². The normalized spacial score (nSPS) is 17.2. The molecule has 2 N–H and O–H groups in total. The second-order valence-electron chi connectivity index (χ2n) is 9.51. The first-order chi connectivity index (χ1) is 18.3. The Hall–Kier alpha value is -3.15. The molecule has 0 amide bonds. The number of methoxy groups -OCH3 is 1. The number of nitrogens with one attached hydrogen (secondary N) is 2. The molecule has 2 atom stereocenters. The van der Waals surface area contributed by atoms with Gasteiger partial charge in [0.05, 0.1) is 37.0 Å². The summed E-state index contributed by atoms with van der Waals surface area (Å²) in [4.78, 5) is 15.7. The summed E-state index contributed by atoms with van der Waals surface area (Å²) in [6.07, 6.45) is 2.61. The summed E-state index contributed by atoms with van der Waals surface area (Å²) in [5.41, 5.74) is 3.01. The van der Waals surface area contributed by atoms with E-state index in [-0.39, 0.29) is 23.3 Å². The number of nitrogens with zero attached hydrogens (tertiary/aromatic N) is 4. The number of halogens is 4. The SMILES string of the molecule is COc1cncc(Nc2ccc(CN[C@H]3CC[C@@H](N(C)c4ncnc5sc(CC(F)(F)F)cc45)C3)cc2)c1.Cl. The Kier molecular flexibility index (Phi) is 9.14. The molecule has 1 aliphatic rings. The van der Waals surface area contributed by atoms with Crippen LogP contribution < -0.4 is 20.3 Å². The van der Waals surface area contributed by atoms with Crippen LogP contribution in [-0.2, 0) is 13.0 Å². The van der Waals surface area contributed by atoms with Crippen LogP contribution in [0.1, 0.15) is 29.7 Å². The second-order valence-corrected chi connectivity index (χ2v) is 10.6. The number of hydrogen-bond acceptors (Lipinski definition) is 8. The quantitative estimate of drug-likeness (QED) is 0.234. The van der Waals surface area contributed by atoms with Crippen LogP contribution in [0.2, 0.25) is 0 Å². The van der Waals surface area contributed by atoms with E-state index in [1.54, 1.807) is 25.6 Å². The van der Waals surface area contributed by atoms with Gasteiger partial charge in [0.25, 0.3) is 0 Å². The summed E-state index contributed by atoms with van der Waals surface area (Å²) in [5.74, 6) is 1.39. The fraction of sp³-hybridized carbons (Fsp3) is 0.370. The lowest BCUT2D eigenvalue weighted by atomic mass is 10.1. The standard InChI is InChI=1S/C27H29F3N6OS.ClH/c1-36(25-24-11-23(12-27(28,29)30)38-26(24)34-16-33-25)21-8-7-19(9-21)32-13-17-3-5-18(6-4-17)35-20-10-22(37-2)15-31-14-20;/h3-6,10-11,14-16,19,21,32,35H,7-9,12-13H2,1-2H3;1H/t19-,21+;/m0./s1. The molecule has 4 aromatic rings. The summed E-state index contributed by atoms with van der Waals surface area (Å²) >= 11 is 1.08. The van der Waals surface area contributed by atoms with E-state index in [9.17, 15) is 13.2 Å². The van der Waals surface area contributed by atoms with Crippen molar-refractivity contribution in [2.45, 2.75) is 50.5 Å². The Bertz CT molecular complexity index is 1380. The smallest absolute Gasteiger partial charge is 0.393 e. The number of ether oxygens (including phenoxy) is 1. The first-order valence-electron chi connectivity index (χ1n) is 12.4. The number of hydrogen-bond donors (Lipinski definition) is 2. The van der Waals surface area contributed by atoms with Crippen molar-refractivity contribution in [3.8, 4) is 5.75 Å². The molecule has 1 saturated carbocycles. The molecule has 0 bridgehead atoms. The van der Waals surface area contributed by atoms with Gasteiger partial charge in [-0.15, -0.1) is 23.7 Å². The van der Waals surface area contributed by atoms with Gasteiger partial charge in [-0.05, 0) is 43.0 Å². The minimum Gasteiger partial charge on any atom is -0.495 e. The predicted octanol–water partition coefficient (Wildman–Crippen LogP) is 6.51. The van der Waals surface area contributed by atoms with Gasteiger partial charge in [0.1, 0.15) is 22.7 Å². The van der Waals surface area contributed by atoms with E-state index in [4.69, 9.17) is 4.74 Å². The van der Waals surface area contributed by atoms with E-state index in [0.717, 1.165) is 48.5 Å². The van der Waals surface area contributed by atoms with Crippen LogP contribution in [0.4, 0.5) is 30.4 Å². The highest BCUT2D eigenvalue weighted by Crippen LogP contribution is 2.36. The van der Waals surface area contributed by atoms with Gasteiger partial charge in [-0.25, -0.2) is 9.97 Å². The average molecular weight is 579 g/mol. The maximum Gasteiger partial charge on any atom is 0.393 e. The molecule has 0 aliphatic heterocycles. The Balaban J connectivity index is 0.00000353. The van der Waals surface area contributed by atoms with Crippen LogP contribution in [0, 0.1) is 0 Å². The van der Waals surface area contributed by atoms with Gasteiger partial charge in [-0.3, -0.25) is 4.98 Å². The summed E-state index contributed by atoms with van der Waals surface area (Å²) in [6, 6.07) is 12.3. The second kappa shape index (κ2) is 12.4. The van der Waals surface area contributed by atoms with Gasteiger partial charge in [0, 0.05) is 42.3 Å². The molecule has 1 aromatic carbocycles. The Morgan fingerprint density at radius 3 is 2.62 bits per heavy atom. The lowest BCUT2D eigenvalue weighted by molar-refractivity contribution is -0.126. The number of fused-ring (bicyclic) bond motifs is 1. The Labute approximate surface area is 235 Å². The fourth-order valence-corrected chi connectivity index (χ4v) is 5.88. The summed E-state index contributed by atoms with van der Waals surface area (Å²) in [5, 5.41) is 7.67. The molecule has 0 saturated heterocycles. The van der Waals surface area contributed by atoms with E-state index >= 15 is 0 Å². The maximum absolute atomic E-state index is 12.9. The molecule has 39 heavy (non-hydrogen) atoms. The van der Waals surface area contributed by atoms with Crippen molar-refractivity contribution in [3.63, 3.8) is 0 Å². The molecule has 3 heterocycles. The molecule has 1 fully saturated rings. The topological polar surface area (TPSA) is 75.2 Å². The lowest BCUT2D eigenvalue weighted by Crippen LogP contribution is -2.33. The van der Waals surface area contributed by atoms with Crippen LogP contribution in [0.25, 0.3) is 10.2 Å². The molecule has 7 nitrogen and oxygen atoms in total. The predicted molar refractivity (Wildman–Crippen MR) is 152 cm³/mol. The number of alkyl halides is 3. The van der Waals surface area contributed by atoms with E-state index in [1.165, 1.54) is 11.9 Å². The Morgan fingerprint density at radius 2 is 1.87 bits per heavy atom. The molecule has 5 rings (SSSR count). The third-order valence-corrected chi connectivity index (χ3v) is 7.85. The highest BCUT2D eigenvalue weighted by atomic mass is 35.5. The van der Waals surface area contributed by atoms with Crippen molar-refractivity contribution < 1.29 is 17.9 Å². The monoisotopic (exact) mass is 578 g/mol. The highest BCUT2D eigenvalue weighted by molar-refractivity contribution is 7.18. The van der Waals surface area contributed by atoms with Crippen LogP contribution in [0.15, 0.2) is 55.1 Å². The molecule has 208 valence electrons. The summed E-state index contributed by atoms with van der Waals surface area (Å²) in [6.45, 7) is 0.755. The zero-order valence-electron chi connectivity index (χ0n) is 21.5. The van der Waals surface area contributed by atoms with Gasteiger partial charge in [-0.1, -0.05) is 12.1 Å². The molecule has 0 radical (unpaired) electrons. The number of pyridine rings is 1. The molecular weight excluding hydrogens is 549 g/mol. The van der Waals surface area contributed by atoms with Gasteiger partial charge in [-0.2, -0.15) is 13.2 Å². The van der Waals surface area contributed by atoms with Gasteiger partial charge < -0.3 is 20.3 Å². The summed E-state index contributed by atoms with van der Waals surface area (Å²) in [7, 11) is 3.59. The highest BCUT2D eigenvalue weighted by Gasteiger charge is 2.31. The van der Waals surface area contributed by atoms with E-state index in [2.05, 4.69) is 42.6 Å². The number of thiophene rings is 1. The Morgan fingerprint density at radius 1 is 1.08 bits per heavy atom. The van der Waals surface area contributed by atoms with Crippen molar-refractivity contribution in [1.29, 1.82) is 0 Å².